The second-order valence-corrected chi connectivity index (χ2v) is 5.60. The number of hydrogen-bond acceptors (Lipinski definition) is 3. The Bertz CT molecular complexity index is 201. The summed E-state index contributed by atoms with van der Waals surface area (Å²) in [7, 11) is 2.23. The first-order valence-electron chi connectivity index (χ1n) is 6.36. The van der Waals surface area contributed by atoms with Gasteiger partial charge in [-0.05, 0) is 58.2 Å². The van der Waals surface area contributed by atoms with Crippen LogP contribution in [0, 0.1) is 5.92 Å². The molecule has 0 amide bonds. The standard InChI is InChI=1S/C12H25N3/c1-15-8-2-3-11(9-15)4-7-14-10-12(13)5-6-12/h11,14H,2-10,13H2,1H3. The Morgan fingerprint density at radius 1 is 1.47 bits per heavy atom. The van der Waals surface area contributed by atoms with Crippen LogP contribution in [-0.4, -0.2) is 43.7 Å². The number of nitrogens with two attached hydrogens (primary N) is 1. The van der Waals surface area contributed by atoms with Crippen molar-refractivity contribution in [3.8, 4) is 0 Å². The van der Waals surface area contributed by atoms with Gasteiger partial charge in [0.15, 0.2) is 0 Å². The van der Waals surface area contributed by atoms with Crippen LogP contribution in [0.25, 0.3) is 0 Å². The fourth-order valence-corrected chi connectivity index (χ4v) is 2.49. The summed E-state index contributed by atoms with van der Waals surface area (Å²) in [5.41, 5.74) is 6.19. The van der Waals surface area contributed by atoms with Crippen LogP contribution < -0.4 is 11.1 Å². The molecular weight excluding hydrogens is 186 g/mol. The van der Waals surface area contributed by atoms with Crippen LogP contribution >= 0.6 is 0 Å². The molecule has 15 heavy (non-hydrogen) atoms. The highest BCUT2D eigenvalue weighted by Crippen LogP contribution is 2.31. The van der Waals surface area contributed by atoms with Crippen LogP contribution in [0.5, 0.6) is 0 Å². The fraction of sp³-hybridized carbons (Fsp3) is 1.00. The van der Waals surface area contributed by atoms with Gasteiger partial charge in [-0.2, -0.15) is 0 Å². The maximum Gasteiger partial charge on any atom is 0.0282 e. The molecule has 0 radical (unpaired) electrons. The van der Waals surface area contributed by atoms with E-state index in [1.54, 1.807) is 0 Å². The number of nitrogens with one attached hydrogen (secondary N) is 1. The minimum absolute atomic E-state index is 0.170. The lowest BCUT2D eigenvalue weighted by Gasteiger charge is -2.29. The van der Waals surface area contributed by atoms with Crippen LogP contribution in [-0.2, 0) is 0 Å². The number of rotatable bonds is 5. The Hall–Kier alpha value is -0.120. The Labute approximate surface area is 93.4 Å². The third kappa shape index (κ3) is 3.74. The average Bonchev–Trinajstić information content (AvgIpc) is 2.92. The first-order valence-corrected chi connectivity index (χ1v) is 6.36. The predicted molar refractivity (Wildman–Crippen MR) is 63.9 cm³/mol. The van der Waals surface area contributed by atoms with Crippen molar-refractivity contribution in [2.24, 2.45) is 11.7 Å². The van der Waals surface area contributed by atoms with Crippen molar-refractivity contribution in [3.05, 3.63) is 0 Å². The molecule has 1 unspecified atom stereocenters. The molecule has 2 aliphatic rings. The molecule has 1 aliphatic heterocycles. The van der Waals surface area contributed by atoms with Crippen molar-refractivity contribution in [2.75, 3.05) is 33.2 Å². The van der Waals surface area contributed by atoms with Gasteiger partial charge in [0.2, 0.25) is 0 Å². The van der Waals surface area contributed by atoms with E-state index in [4.69, 9.17) is 5.73 Å². The Morgan fingerprint density at radius 2 is 2.27 bits per heavy atom. The zero-order valence-corrected chi connectivity index (χ0v) is 9.97. The van der Waals surface area contributed by atoms with Gasteiger partial charge in [-0.25, -0.2) is 0 Å². The largest absolute Gasteiger partial charge is 0.324 e. The maximum absolute atomic E-state index is 6.02. The van der Waals surface area contributed by atoms with Gasteiger partial charge in [-0.15, -0.1) is 0 Å². The average molecular weight is 211 g/mol. The van der Waals surface area contributed by atoms with E-state index < -0.39 is 0 Å². The normalized spacial score (nSPS) is 30.4. The first kappa shape index (κ1) is 11.4. The molecule has 0 spiro atoms. The summed E-state index contributed by atoms with van der Waals surface area (Å²) >= 11 is 0. The Balaban J connectivity index is 1.53. The molecule has 2 fully saturated rings. The fourth-order valence-electron chi connectivity index (χ4n) is 2.49. The van der Waals surface area contributed by atoms with Crippen LogP contribution in [0.15, 0.2) is 0 Å². The lowest BCUT2D eigenvalue weighted by molar-refractivity contribution is 0.201. The van der Waals surface area contributed by atoms with Gasteiger partial charge < -0.3 is 16.0 Å². The van der Waals surface area contributed by atoms with E-state index in [1.807, 2.05) is 0 Å². The molecule has 1 heterocycles. The van der Waals surface area contributed by atoms with Gasteiger partial charge in [0.25, 0.3) is 0 Å². The lowest BCUT2D eigenvalue weighted by atomic mass is 9.95. The van der Waals surface area contributed by atoms with Crippen LogP contribution in [0.1, 0.15) is 32.1 Å². The van der Waals surface area contributed by atoms with Crippen molar-refractivity contribution >= 4 is 0 Å². The smallest absolute Gasteiger partial charge is 0.0282 e. The van der Waals surface area contributed by atoms with Gasteiger partial charge in [0.1, 0.15) is 0 Å². The van der Waals surface area contributed by atoms with Gasteiger partial charge in [-0.3, -0.25) is 0 Å². The molecule has 0 bridgehead atoms. The van der Waals surface area contributed by atoms with E-state index in [0.29, 0.717) is 0 Å². The number of nitrogens with zero attached hydrogens (tertiary/aromatic N) is 1. The van der Waals surface area contributed by atoms with Gasteiger partial charge in [-0.1, -0.05) is 0 Å². The van der Waals surface area contributed by atoms with E-state index in [2.05, 4.69) is 17.3 Å². The van der Waals surface area contributed by atoms with Gasteiger partial charge >= 0.3 is 0 Å². The highest BCUT2D eigenvalue weighted by Gasteiger charge is 2.37. The summed E-state index contributed by atoms with van der Waals surface area (Å²) in [6.45, 7) is 4.75. The minimum Gasteiger partial charge on any atom is -0.324 e. The van der Waals surface area contributed by atoms with Crippen LogP contribution in [0.2, 0.25) is 0 Å². The monoisotopic (exact) mass is 211 g/mol. The molecular formula is C12H25N3. The van der Waals surface area contributed by atoms with Crippen LogP contribution in [0.4, 0.5) is 0 Å². The van der Waals surface area contributed by atoms with Crippen molar-refractivity contribution in [3.63, 3.8) is 0 Å². The molecule has 3 heteroatoms. The van der Waals surface area contributed by atoms with Gasteiger partial charge in [0.05, 0.1) is 0 Å². The molecule has 1 saturated heterocycles. The highest BCUT2D eigenvalue weighted by atomic mass is 15.1. The SMILES string of the molecule is CN1CCCC(CCNCC2(N)CC2)C1. The molecule has 0 aromatic rings. The Morgan fingerprint density at radius 3 is 2.93 bits per heavy atom. The molecule has 1 saturated carbocycles. The van der Waals surface area contributed by atoms with E-state index in [-0.39, 0.29) is 5.54 Å². The topological polar surface area (TPSA) is 41.3 Å². The minimum atomic E-state index is 0.170. The van der Waals surface area contributed by atoms with Gasteiger partial charge in [0, 0.05) is 18.6 Å². The van der Waals surface area contributed by atoms with Crippen molar-refractivity contribution in [1.82, 2.24) is 10.2 Å². The molecule has 3 nitrogen and oxygen atoms in total. The van der Waals surface area contributed by atoms with Crippen LogP contribution in [0.3, 0.4) is 0 Å². The van der Waals surface area contributed by atoms with E-state index in [0.717, 1.165) is 19.0 Å². The third-order valence-corrected chi connectivity index (χ3v) is 3.82. The van der Waals surface area contributed by atoms with E-state index in [9.17, 15) is 0 Å². The molecule has 1 aliphatic carbocycles. The first-order chi connectivity index (χ1) is 7.18. The zero-order chi connectivity index (χ0) is 10.7. The lowest BCUT2D eigenvalue weighted by Crippen LogP contribution is -2.38. The quantitative estimate of drug-likeness (QED) is 0.661. The molecule has 0 aromatic heterocycles. The number of hydrogen-bond donors (Lipinski definition) is 2. The summed E-state index contributed by atoms with van der Waals surface area (Å²) in [6.07, 6.45) is 6.54. The summed E-state index contributed by atoms with van der Waals surface area (Å²) < 4.78 is 0. The number of piperidine rings is 1. The summed E-state index contributed by atoms with van der Waals surface area (Å²) in [4.78, 5) is 2.46. The second-order valence-electron chi connectivity index (χ2n) is 5.60. The van der Waals surface area contributed by atoms with Crippen molar-refractivity contribution < 1.29 is 0 Å². The third-order valence-electron chi connectivity index (χ3n) is 3.82. The Kier molecular flexibility index (Phi) is 3.65. The van der Waals surface area contributed by atoms with E-state index >= 15 is 0 Å². The molecule has 2 rings (SSSR count). The predicted octanol–water partition coefficient (Wildman–Crippen LogP) is 0.799. The molecule has 3 N–H and O–H groups in total. The summed E-state index contributed by atoms with van der Waals surface area (Å²) in [5, 5.41) is 3.51. The van der Waals surface area contributed by atoms with E-state index in [1.165, 1.54) is 45.2 Å². The molecule has 88 valence electrons. The zero-order valence-electron chi connectivity index (χ0n) is 9.97. The summed E-state index contributed by atoms with van der Waals surface area (Å²) in [5.74, 6) is 0.907. The second kappa shape index (κ2) is 4.81. The van der Waals surface area contributed by atoms with Crippen molar-refractivity contribution in [2.45, 2.75) is 37.6 Å². The number of likely N-dealkylation sites (tertiary alicyclic amines) is 1. The highest BCUT2D eigenvalue weighted by molar-refractivity contribution is 5.00. The van der Waals surface area contributed by atoms with Crippen molar-refractivity contribution in [1.29, 1.82) is 0 Å². The summed E-state index contributed by atoms with van der Waals surface area (Å²) in [6, 6.07) is 0. The molecule has 0 aromatic carbocycles. The molecule has 1 atom stereocenters. The maximum atomic E-state index is 6.02.